The Balaban J connectivity index is 1.38. The van der Waals surface area contributed by atoms with E-state index in [1.807, 2.05) is 36.5 Å². The number of nitrogens with one attached hydrogen (secondary N) is 1. The number of ether oxygens (including phenoxy) is 1. The van der Waals surface area contributed by atoms with Crippen LogP contribution in [0, 0.1) is 5.92 Å². The van der Waals surface area contributed by atoms with E-state index in [4.69, 9.17) is 38.0 Å². The summed E-state index contributed by atoms with van der Waals surface area (Å²) in [6, 6.07) is 19.0. The Bertz CT molecular complexity index is 1730. The van der Waals surface area contributed by atoms with E-state index >= 15 is 0 Å². The number of aromatic nitrogens is 2. The van der Waals surface area contributed by atoms with Crippen LogP contribution in [0.1, 0.15) is 66.0 Å². The minimum absolute atomic E-state index is 0.130. The first-order chi connectivity index (χ1) is 23.1. The third kappa shape index (κ3) is 8.87. The predicted molar refractivity (Wildman–Crippen MR) is 184 cm³/mol. The average Bonchev–Trinajstić information content (AvgIpc) is 3.50. The second kappa shape index (κ2) is 16.0. The number of carboxylic acid groups (broad SMARTS) is 2. The summed E-state index contributed by atoms with van der Waals surface area (Å²) in [4.78, 5) is 42.6. The smallest absolute Gasteiger partial charge is 0.407 e. The Morgan fingerprint density at radius 1 is 0.979 bits per heavy atom. The molecule has 1 aliphatic rings. The minimum atomic E-state index is -0.978. The van der Waals surface area contributed by atoms with E-state index in [1.54, 1.807) is 36.4 Å². The number of hydrogen-bond donors (Lipinski definition) is 3. The quantitative estimate of drug-likeness (QED) is 0.131. The fourth-order valence-electron chi connectivity index (χ4n) is 5.74. The molecule has 0 aliphatic carbocycles. The van der Waals surface area contributed by atoms with Gasteiger partial charge in [-0.15, -0.1) is 0 Å². The monoisotopic (exact) mass is 692 g/mol. The van der Waals surface area contributed by atoms with Crippen LogP contribution in [-0.2, 0) is 24.4 Å². The van der Waals surface area contributed by atoms with E-state index in [-0.39, 0.29) is 24.0 Å². The van der Waals surface area contributed by atoms with Crippen molar-refractivity contribution in [2.45, 2.75) is 58.2 Å². The first kappa shape index (κ1) is 34.8. The molecule has 4 aromatic rings. The molecule has 0 saturated carbocycles. The number of unbranched alkanes of at least 4 members (excludes halogenated alkanes) is 1. The molecule has 0 bridgehead atoms. The highest BCUT2D eigenvalue weighted by Gasteiger charge is 2.30. The van der Waals surface area contributed by atoms with Gasteiger partial charge in [-0.2, -0.15) is 0 Å². The fourth-order valence-corrected chi connectivity index (χ4v) is 6.25. The molecule has 1 atom stereocenters. The first-order valence-electron chi connectivity index (χ1n) is 16.0. The van der Waals surface area contributed by atoms with Crippen molar-refractivity contribution in [3.05, 3.63) is 105 Å². The van der Waals surface area contributed by atoms with Crippen LogP contribution in [0.2, 0.25) is 10.0 Å². The number of carbonyl (C=O) groups is 3. The molecule has 0 radical (unpaired) electrons. The molecule has 1 fully saturated rings. The number of hydrogen-bond acceptors (Lipinski definition) is 5. The zero-order valence-electron chi connectivity index (χ0n) is 26.6. The van der Waals surface area contributed by atoms with Crippen molar-refractivity contribution in [3.8, 4) is 17.0 Å². The largest absolute Gasteiger partial charge is 0.489 e. The van der Waals surface area contributed by atoms with Crippen LogP contribution >= 0.6 is 23.2 Å². The summed E-state index contributed by atoms with van der Waals surface area (Å²) < 4.78 is 8.02. The van der Waals surface area contributed by atoms with Crippen LogP contribution in [0.5, 0.6) is 5.75 Å². The topological polar surface area (TPSA) is 134 Å². The van der Waals surface area contributed by atoms with E-state index in [1.165, 1.54) is 4.90 Å². The molecule has 1 saturated heterocycles. The molecule has 2 heterocycles. The predicted octanol–water partition coefficient (Wildman–Crippen LogP) is 7.72. The minimum Gasteiger partial charge on any atom is -0.489 e. The van der Waals surface area contributed by atoms with Crippen molar-refractivity contribution >= 4 is 41.2 Å². The molecule has 10 nitrogen and oxygen atoms in total. The Morgan fingerprint density at radius 3 is 2.29 bits per heavy atom. The van der Waals surface area contributed by atoms with Crippen molar-refractivity contribution < 1.29 is 29.3 Å². The summed E-state index contributed by atoms with van der Waals surface area (Å²) in [5.74, 6) is -0.0708. The van der Waals surface area contributed by atoms with Crippen molar-refractivity contribution in [1.82, 2.24) is 19.8 Å². The van der Waals surface area contributed by atoms with Gasteiger partial charge in [0.2, 0.25) is 5.91 Å². The molecule has 2 amide bonds. The van der Waals surface area contributed by atoms with E-state index in [9.17, 15) is 19.5 Å². The number of imidazole rings is 1. The number of nitrogens with zero attached hydrogens (tertiary/aromatic N) is 3. The Hall–Kier alpha value is -4.54. The van der Waals surface area contributed by atoms with Gasteiger partial charge in [0, 0.05) is 42.3 Å². The van der Waals surface area contributed by atoms with Gasteiger partial charge in [0.05, 0.1) is 22.3 Å². The van der Waals surface area contributed by atoms with Crippen LogP contribution in [-0.4, -0.2) is 55.7 Å². The van der Waals surface area contributed by atoms with E-state index in [2.05, 4.69) is 16.8 Å². The summed E-state index contributed by atoms with van der Waals surface area (Å²) in [6.45, 7) is 3.73. The first-order valence-corrected chi connectivity index (χ1v) is 16.7. The maximum atomic E-state index is 13.7. The van der Waals surface area contributed by atoms with Gasteiger partial charge in [0.15, 0.2) is 0 Å². The van der Waals surface area contributed by atoms with Gasteiger partial charge in [-0.25, -0.2) is 14.6 Å². The van der Waals surface area contributed by atoms with Crippen LogP contribution in [0.3, 0.4) is 0 Å². The van der Waals surface area contributed by atoms with E-state index < -0.39 is 18.1 Å². The number of carbonyl (C=O) groups excluding carboxylic acids is 1. The Kier molecular flexibility index (Phi) is 11.6. The van der Waals surface area contributed by atoms with Gasteiger partial charge in [-0.1, -0.05) is 60.8 Å². The summed E-state index contributed by atoms with van der Waals surface area (Å²) in [5.41, 5.74) is 3.43. The zero-order valence-corrected chi connectivity index (χ0v) is 28.1. The number of aromatic carboxylic acids is 1. The molecule has 12 heteroatoms. The van der Waals surface area contributed by atoms with Crippen molar-refractivity contribution in [1.29, 1.82) is 0 Å². The van der Waals surface area contributed by atoms with E-state index in [0.717, 1.165) is 29.5 Å². The van der Waals surface area contributed by atoms with Gasteiger partial charge in [0.1, 0.15) is 18.2 Å². The molecule has 1 aromatic heterocycles. The third-order valence-electron chi connectivity index (χ3n) is 8.50. The standard InChI is InChI=1S/C36H38Cl2N4O6/c1-2-3-16-42-21-32(29-13-10-27(37)20-30(29)38)39-33(42)31(40-34(43)25-14-17-41(18-15-25)36(46)47)19-23-6-11-28(12-7-23)48-22-24-4-8-26(9-5-24)35(44)45/h4-13,20-21,25,31H,2-3,14-19,22H2,1H3,(H,40,43)(H,44,45)(H,46,47)/t31-/m0/s1. The average molecular weight is 694 g/mol. The molecule has 0 unspecified atom stereocenters. The maximum Gasteiger partial charge on any atom is 0.407 e. The molecule has 3 N–H and O–H groups in total. The number of piperidine rings is 1. The number of rotatable bonds is 13. The van der Waals surface area contributed by atoms with Gasteiger partial charge in [-0.05, 0) is 79.3 Å². The molecule has 48 heavy (non-hydrogen) atoms. The highest BCUT2D eigenvalue weighted by Crippen LogP contribution is 2.32. The lowest BCUT2D eigenvalue weighted by Crippen LogP contribution is -2.43. The highest BCUT2D eigenvalue weighted by atomic mass is 35.5. The van der Waals surface area contributed by atoms with Gasteiger partial charge in [-0.3, -0.25) is 4.79 Å². The second-order valence-electron chi connectivity index (χ2n) is 11.9. The summed E-state index contributed by atoms with van der Waals surface area (Å²) >= 11 is 12.7. The number of benzene rings is 3. The second-order valence-corrected chi connectivity index (χ2v) is 12.7. The molecular formula is C36H38Cl2N4O6. The number of halogens is 2. The molecule has 0 spiro atoms. The van der Waals surface area contributed by atoms with Crippen LogP contribution in [0.15, 0.2) is 72.9 Å². The molecular weight excluding hydrogens is 655 g/mol. The number of aryl methyl sites for hydroxylation is 1. The summed E-state index contributed by atoms with van der Waals surface area (Å²) in [6.07, 6.45) is 4.23. The maximum absolute atomic E-state index is 13.7. The third-order valence-corrected chi connectivity index (χ3v) is 9.05. The Labute approximate surface area is 289 Å². The van der Waals surface area contributed by atoms with Crippen LogP contribution < -0.4 is 10.1 Å². The zero-order chi connectivity index (χ0) is 34.2. The van der Waals surface area contributed by atoms with Crippen molar-refractivity contribution in [3.63, 3.8) is 0 Å². The lowest BCUT2D eigenvalue weighted by molar-refractivity contribution is -0.127. The van der Waals surface area contributed by atoms with Gasteiger partial charge < -0.3 is 29.7 Å². The number of likely N-dealkylation sites (tertiary alicyclic amines) is 1. The SMILES string of the molecule is CCCCn1cc(-c2ccc(Cl)cc2Cl)nc1[C@H](Cc1ccc(OCc2ccc(C(=O)O)cc2)cc1)NC(=O)C1CCN(C(=O)O)CC1. The number of amides is 2. The van der Waals surface area contributed by atoms with Crippen LogP contribution in [0.4, 0.5) is 4.79 Å². The van der Waals surface area contributed by atoms with Crippen LogP contribution in [0.25, 0.3) is 11.3 Å². The van der Waals surface area contributed by atoms with Gasteiger partial charge >= 0.3 is 12.1 Å². The molecule has 5 rings (SSSR count). The lowest BCUT2D eigenvalue weighted by atomic mass is 9.95. The summed E-state index contributed by atoms with van der Waals surface area (Å²) in [5, 5.41) is 22.7. The normalized spacial score (nSPS) is 14.0. The fraction of sp³-hybridized carbons (Fsp3) is 0.333. The number of carboxylic acids is 1. The van der Waals surface area contributed by atoms with Gasteiger partial charge in [0.25, 0.3) is 0 Å². The van der Waals surface area contributed by atoms with Crippen molar-refractivity contribution in [2.75, 3.05) is 13.1 Å². The Morgan fingerprint density at radius 2 is 1.67 bits per heavy atom. The molecule has 1 aliphatic heterocycles. The molecule has 3 aromatic carbocycles. The lowest BCUT2D eigenvalue weighted by Gasteiger charge is -2.30. The van der Waals surface area contributed by atoms with Crippen molar-refractivity contribution in [2.24, 2.45) is 5.92 Å². The van der Waals surface area contributed by atoms with E-state index in [0.29, 0.717) is 66.2 Å². The summed E-state index contributed by atoms with van der Waals surface area (Å²) in [7, 11) is 0. The molecule has 252 valence electrons. The highest BCUT2D eigenvalue weighted by molar-refractivity contribution is 6.36.